The normalized spacial score (nSPS) is 18.9. The zero-order chi connectivity index (χ0) is 18.4. The summed E-state index contributed by atoms with van der Waals surface area (Å²) in [5, 5.41) is 0. The molecule has 3 heterocycles. The number of hydrogen-bond donors (Lipinski definition) is 0. The van der Waals surface area contributed by atoms with E-state index in [4.69, 9.17) is 13.9 Å². The second kappa shape index (κ2) is 6.30. The van der Waals surface area contributed by atoms with Gasteiger partial charge in [0.2, 0.25) is 0 Å². The lowest BCUT2D eigenvalue weighted by atomic mass is 10.0. The van der Waals surface area contributed by atoms with Crippen molar-refractivity contribution in [3.63, 3.8) is 0 Å². The van der Waals surface area contributed by atoms with E-state index in [1.54, 1.807) is 13.0 Å². The summed E-state index contributed by atoms with van der Waals surface area (Å²) in [6.07, 6.45) is 1.87. The number of nitrogens with zero attached hydrogens (tertiary/aromatic N) is 2. The molecule has 0 aliphatic carbocycles. The van der Waals surface area contributed by atoms with Gasteiger partial charge in [-0.2, -0.15) is 0 Å². The van der Waals surface area contributed by atoms with Crippen molar-refractivity contribution in [2.75, 3.05) is 19.8 Å². The molecule has 5 rings (SSSR count). The first-order chi connectivity index (χ1) is 13.2. The van der Waals surface area contributed by atoms with Crippen LogP contribution in [0.1, 0.15) is 40.7 Å². The number of likely N-dealkylation sites (tertiary alicyclic amines) is 1. The summed E-state index contributed by atoms with van der Waals surface area (Å²) in [5.74, 6) is 2.14. The van der Waals surface area contributed by atoms with Gasteiger partial charge < -0.3 is 18.8 Å². The van der Waals surface area contributed by atoms with Crippen molar-refractivity contribution < 1.29 is 18.7 Å². The number of oxazole rings is 1. The monoisotopic (exact) mass is 364 g/mol. The average Bonchev–Trinajstić information content (AvgIpc) is 3.32. The number of para-hydroxylation sites is 1. The molecule has 2 aliphatic rings. The molecule has 138 valence electrons. The van der Waals surface area contributed by atoms with Crippen LogP contribution >= 0.6 is 0 Å². The van der Waals surface area contributed by atoms with Gasteiger partial charge >= 0.3 is 0 Å². The number of carbonyl (C=O) groups excluding carboxylic acids is 1. The number of aromatic nitrogens is 1. The third-order valence-corrected chi connectivity index (χ3v) is 5.21. The highest BCUT2D eigenvalue weighted by Crippen LogP contribution is 2.43. The largest absolute Gasteiger partial charge is 0.486 e. The molecule has 1 saturated heterocycles. The molecular weight excluding hydrogens is 344 g/mol. The summed E-state index contributed by atoms with van der Waals surface area (Å²) in [6, 6.07) is 11.3. The molecule has 0 radical (unpaired) electrons. The van der Waals surface area contributed by atoms with E-state index in [9.17, 15) is 4.79 Å². The van der Waals surface area contributed by atoms with Gasteiger partial charge in [-0.3, -0.25) is 4.79 Å². The molecule has 0 saturated carbocycles. The zero-order valence-corrected chi connectivity index (χ0v) is 15.1. The molecule has 27 heavy (non-hydrogen) atoms. The first-order valence-electron chi connectivity index (χ1n) is 9.27. The number of amides is 1. The maximum absolute atomic E-state index is 13.2. The fourth-order valence-corrected chi connectivity index (χ4v) is 4.03. The van der Waals surface area contributed by atoms with Gasteiger partial charge in [0.15, 0.2) is 23.0 Å². The minimum Gasteiger partial charge on any atom is -0.486 e. The number of fused-ring (bicyclic) bond motifs is 2. The molecule has 1 amide bonds. The van der Waals surface area contributed by atoms with E-state index >= 15 is 0 Å². The fraction of sp³-hybridized carbons (Fsp3) is 0.333. The topological polar surface area (TPSA) is 64.8 Å². The second-order valence-electron chi connectivity index (χ2n) is 6.94. The standard InChI is InChI=1S/C21H20N2O4/c1-13-22-16-8-7-14(12-19(16)27-13)21(24)23-9-3-5-17(23)15-4-2-6-18-20(15)26-11-10-25-18/h2,4,6-8,12,17H,3,5,9-11H2,1H3. The number of ether oxygens (including phenoxy) is 2. The van der Waals surface area contributed by atoms with E-state index in [0.717, 1.165) is 42.0 Å². The van der Waals surface area contributed by atoms with Crippen LogP contribution in [0.5, 0.6) is 11.5 Å². The number of carbonyl (C=O) groups is 1. The Morgan fingerprint density at radius 2 is 2.07 bits per heavy atom. The Balaban J connectivity index is 1.49. The maximum atomic E-state index is 13.2. The molecule has 2 aliphatic heterocycles. The zero-order valence-electron chi connectivity index (χ0n) is 15.1. The molecule has 6 nitrogen and oxygen atoms in total. The summed E-state index contributed by atoms with van der Waals surface area (Å²) < 4.78 is 17.2. The Bertz CT molecular complexity index is 1030. The lowest BCUT2D eigenvalue weighted by Crippen LogP contribution is -2.31. The first-order valence-corrected chi connectivity index (χ1v) is 9.27. The van der Waals surface area contributed by atoms with Crippen LogP contribution in [-0.2, 0) is 0 Å². The van der Waals surface area contributed by atoms with E-state index < -0.39 is 0 Å². The highest BCUT2D eigenvalue weighted by Gasteiger charge is 2.34. The van der Waals surface area contributed by atoms with E-state index in [0.29, 0.717) is 30.3 Å². The van der Waals surface area contributed by atoms with Crippen LogP contribution in [0.15, 0.2) is 40.8 Å². The number of rotatable bonds is 2. The molecule has 0 N–H and O–H groups in total. The van der Waals surface area contributed by atoms with Gasteiger partial charge in [-0.05, 0) is 37.1 Å². The molecule has 6 heteroatoms. The predicted molar refractivity (Wildman–Crippen MR) is 99.2 cm³/mol. The van der Waals surface area contributed by atoms with Gasteiger partial charge in [0.25, 0.3) is 5.91 Å². The summed E-state index contributed by atoms with van der Waals surface area (Å²) in [6.45, 7) is 3.62. The Morgan fingerprint density at radius 1 is 1.19 bits per heavy atom. The molecule has 0 bridgehead atoms. The average molecular weight is 364 g/mol. The Morgan fingerprint density at radius 3 is 3.00 bits per heavy atom. The van der Waals surface area contributed by atoms with Gasteiger partial charge in [0.05, 0.1) is 6.04 Å². The SMILES string of the molecule is Cc1nc2ccc(C(=O)N3CCCC3c3cccc4c3OCCO4)cc2o1. The summed E-state index contributed by atoms with van der Waals surface area (Å²) in [4.78, 5) is 19.5. The second-order valence-corrected chi connectivity index (χ2v) is 6.94. The maximum Gasteiger partial charge on any atom is 0.254 e. The Labute approximate surface area is 156 Å². The highest BCUT2D eigenvalue weighted by atomic mass is 16.6. The van der Waals surface area contributed by atoms with Crippen LogP contribution in [0.3, 0.4) is 0 Å². The van der Waals surface area contributed by atoms with Crippen LogP contribution in [0.4, 0.5) is 0 Å². The minimum atomic E-state index is -0.0127. The van der Waals surface area contributed by atoms with Crippen molar-refractivity contribution in [1.82, 2.24) is 9.88 Å². The van der Waals surface area contributed by atoms with Gasteiger partial charge in [0, 0.05) is 24.6 Å². The van der Waals surface area contributed by atoms with E-state index in [1.165, 1.54) is 0 Å². The van der Waals surface area contributed by atoms with Crippen molar-refractivity contribution in [1.29, 1.82) is 0 Å². The molecule has 1 unspecified atom stereocenters. The van der Waals surface area contributed by atoms with Gasteiger partial charge in [-0.25, -0.2) is 4.98 Å². The van der Waals surface area contributed by atoms with Crippen LogP contribution in [0.25, 0.3) is 11.1 Å². The van der Waals surface area contributed by atoms with E-state index in [2.05, 4.69) is 4.98 Å². The molecule has 1 fully saturated rings. The molecule has 2 aromatic carbocycles. The minimum absolute atomic E-state index is 0.00258. The Kier molecular flexibility index (Phi) is 3.77. The quantitative estimate of drug-likeness (QED) is 0.690. The van der Waals surface area contributed by atoms with Crippen LogP contribution in [0, 0.1) is 6.92 Å². The lowest BCUT2D eigenvalue weighted by molar-refractivity contribution is 0.0731. The Hall–Kier alpha value is -3.02. The van der Waals surface area contributed by atoms with Crippen molar-refractivity contribution in [2.45, 2.75) is 25.8 Å². The highest BCUT2D eigenvalue weighted by molar-refractivity contribution is 5.97. The van der Waals surface area contributed by atoms with Crippen molar-refractivity contribution in [3.8, 4) is 11.5 Å². The fourth-order valence-electron chi connectivity index (χ4n) is 4.03. The number of benzene rings is 2. The third kappa shape index (κ3) is 2.72. The van der Waals surface area contributed by atoms with Gasteiger partial charge in [-0.15, -0.1) is 0 Å². The van der Waals surface area contributed by atoms with Crippen LogP contribution in [0.2, 0.25) is 0 Å². The lowest BCUT2D eigenvalue weighted by Gasteiger charge is -2.29. The predicted octanol–water partition coefficient (Wildman–Crippen LogP) is 3.88. The smallest absolute Gasteiger partial charge is 0.254 e. The molecule has 1 aromatic heterocycles. The third-order valence-electron chi connectivity index (χ3n) is 5.21. The van der Waals surface area contributed by atoms with E-state index in [1.807, 2.05) is 35.2 Å². The van der Waals surface area contributed by atoms with Crippen molar-refractivity contribution >= 4 is 17.0 Å². The van der Waals surface area contributed by atoms with E-state index in [-0.39, 0.29) is 11.9 Å². The molecular formula is C21H20N2O4. The molecule has 1 atom stereocenters. The van der Waals surface area contributed by atoms with Crippen molar-refractivity contribution in [2.24, 2.45) is 0 Å². The summed E-state index contributed by atoms with van der Waals surface area (Å²) in [5.41, 5.74) is 3.05. The summed E-state index contributed by atoms with van der Waals surface area (Å²) in [7, 11) is 0. The van der Waals surface area contributed by atoms with Gasteiger partial charge in [0.1, 0.15) is 18.7 Å². The van der Waals surface area contributed by atoms with Gasteiger partial charge in [-0.1, -0.05) is 12.1 Å². The van der Waals surface area contributed by atoms with Crippen LogP contribution in [-0.4, -0.2) is 35.5 Å². The van der Waals surface area contributed by atoms with Crippen molar-refractivity contribution in [3.05, 3.63) is 53.4 Å². The van der Waals surface area contributed by atoms with Crippen LogP contribution < -0.4 is 9.47 Å². The molecule has 0 spiro atoms. The summed E-state index contributed by atoms with van der Waals surface area (Å²) >= 11 is 0. The number of hydrogen-bond acceptors (Lipinski definition) is 5. The molecule has 3 aromatic rings. The first kappa shape index (κ1) is 16.2. The number of aryl methyl sites for hydroxylation is 1.